The van der Waals surface area contributed by atoms with E-state index >= 15 is 0 Å². The number of halogens is 2. The molecule has 0 aromatic heterocycles. The molecule has 0 saturated carbocycles. The van der Waals surface area contributed by atoms with Gasteiger partial charge in [-0.2, -0.15) is 8.78 Å². The summed E-state index contributed by atoms with van der Waals surface area (Å²) in [6.45, 7) is -3.03. The van der Waals surface area contributed by atoms with Crippen molar-refractivity contribution in [3.8, 4) is 28.4 Å². The highest BCUT2D eigenvalue weighted by molar-refractivity contribution is 7.92. The van der Waals surface area contributed by atoms with E-state index in [-0.39, 0.29) is 27.6 Å². The third-order valence-corrected chi connectivity index (χ3v) is 5.63. The van der Waals surface area contributed by atoms with Gasteiger partial charge in [-0.1, -0.05) is 24.3 Å². The van der Waals surface area contributed by atoms with Crippen LogP contribution in [-0.4, -0.2) is 29.2 Å². The predicted molar refractivity (Wildman–Crippen MR) is 109 cm³/mol. The molecule has 158 valence electrons. The van der Waals surface area contributed by atoms with E-state index in [4.69, 9.17) is 9.47 Å². The van der Waals surface area contributed by atoms with Crippen LogP contribution < -0.4 is 18.9 Å². The number of ether oxygens (including phenoxy) is 3. The Morgan fingerprint density at radius 2 is 1.57 bits per heavy atom. The summed E-state index contributed by atoms with van der Waals surface area (Å²) < 4.78 is 68.6. The number of benzene rings is 3. The van der Waals surface area contributed by atoms with Crippen molar-refractivity contribution in [3.05, 3.63) is 66.7 Å². The van der Waals surface area contributed by atoms with Crippen LogP contribution in [-0.2, 0) is 10.0 Å². The normalized spacial score (nSPS) is 11.2. The summed E-state index contributed by atoms with van der Waals surface area (Å²) >= 11 is 0. The molecule has 9 heteroatoms. The van der Waals surface area contributed by atoms with Crippen LogP contribution in [0.2, 0.25) is 0 Å². The first-order chi connectivity index (χ1) is 14.3. The molecule has 3 aromatic rings. The van der Waals surface area contributed by atoms with E-state index in [2.05, 4.69) is 9.46 Å². The average Bonchev–Trinajstić information content (AvgIpc) is 2.74. The largest absolute Gasteiger partial charge is 0.497 e. The molecular formula is C21H19F2NO5S. The van der Waals surface area contributed by atoms with Crippen LogP contribution in [0, 0.1) is 0 Å². The lowest BCUT2D eigenvalue weighted by Crippen LogP contribution is -2.14. The highest BCUT2D eigenvalue weighted by atomic mass is 32.2. The van der Waals surface area contributed by atoms with Crippen LogP contribution >= 0.6 is 0 Å². The first-order valence-corrected chi connectivity index (χ1v) is 10.2. The van der Waals surface area contributed by atoms with Gasteiger partial charge in [-0.3, -0.25) is 4.72 Å². The molecule has 0 heterocycles. The lowest BCUT2D eigenvalue weighted by Gasteiger charge is -2.15. The highest BCUT2D eigenvalue weighted by Gasteiger charge is 2.20. The monoisotopic (exact) mass is 435 g/mol. The standard InChI is InChI=1S/C21H19F2NO5S/c1-27-16-10-7-14(8-11-16)17-13-15(9-12-18(17)29-21(22)23)24-30(25,26)20-6-4-3-5-19(20)28-2/h3-13,21,24H,1-2H3. The number of hydrogen-bond donors (Lipinski definition) is 1. The van der Waals surface area contributed by atoms with Crippen molar-refractivity contribution in [3.63, 3.8) is 0 Å². The molecule has 0 amide bonds. The molecule has 0 spiro atoms. The zero-order valence-electron chi connectivity index (χ0n) is 16.1. The van der Waals surface area contributed by atoms with E-state index < -0.39 is 16.6 Å². The van der Waals surface area contributed by atoms with Crippen LogP contribution in [0.15, 0.2) is 71.6 Å². The molecule has 0 radical (unpaired) electrons. The number of nitrogens with one attached hydrogen (secondary N) is 1. The zero-order valence-corrected chi connectivity index (χ0v) is 17.0. The number of para-hydroxylation sites is 1. The van der Waals surface area contributed by atoms with Crippen LogP contribution in [0.4, 0.5) is 14.5 Å². The Hall–Kier alpha value is -3.33. The molecule has 0 bridgehead atoms. The second-order valence-electron chi connectivity index (χ2n) is 6.07. The molecule has 0 aliphatic carbocycles. The fourth-order valence-electron chi connectivity index (χ4n) is 2.84. The van der Waals surface area contributed by atoms with Crippen LogP contribution in [0.25, 0.3) is 11.1 Å². The van der Waals surface area contributed by atoms with Crippen molar-refractivity contribution < 1.29 is 31.4 Å². The summed E-state index contributed by atoms with van der Waals surface area (Å²) in [7, 11) is -1.11. The molecular weight excluding hydrogens is 416 g/mol. The van der Waals surface area contributed by atoms with Gasteiger partial charge in [0.15, 0.2) is 0 Å². The Labute approximate surface area is 173 Å². The van der Waals surface area contributed by atoms with Gasteiger partial charge in [0, 0.05) is 11.3 Å². The van der Waals surface area contributed by atoms with E-state index in [0.29, 0.717) is 11.3 Å². The molecule has 0 atom stereocenters. The number of alkyl halides is 2. The maximum atomic E-state index is 12.8. The first kappa shape index (κ1) is 21.4. The van der Waals surface area contributed by atoms with Crippen molar-refractivity contribution in [1.29, 1.82) is 0 Å². The topological polar surface area (TPSA) is 73.9 Å². The third kappa shape index (κ3) is 4.80. The van der Waals surface area contributed by atoms with Crippen molar-refractivity contribution in [2.75, 3.05) is 18.9 Å². The fourth-order valence-corrected chi connectivity index (χ4v) is 4.06. The summed E-state index contributed by atoms with van der Waals surface area (Å²) in [5.74, 6) is 0.677. The minimum atomic E-state index is -3.99. The number of hydrogen-bond acceptors (Lipinski definition) is 5. The van der Waals surface area contributed by atoms with Gasteiger partial charge in [0.25, 0.3) is 10.0 Å². The molecule has 3 aromatic carbocycles. The Balaban J connectivity index is 2.01. The van der Waals surface area contributed by atoms with Gasteiger partial charge in [0.05, 0.1) is 14.2 Å². The van der Waals surface area contributed by atoms with Gasteiger partial charge >= 0.3 is 6.61 Å². The van der Waals surface area contributed by atoms with E-state index in [1.54, 1.807) is 36.4 Å². The minimum Gasteiger partial charge on any atom is -0.497 e. The second-order valence-corrected chi connectivity index (χ2v) is 7.73. The Morgan fingerprint density at radius 3 is 2.20 bits per heavy atom. The van der Waals surface area contributed by atoms with Gasteiger partial charge in [0.2, 0.25) is 0 Å². The molecule has 0 saturated heterocycles. The average molecular weight is 435 g/mol. The molecule has 6 nitrogen and oxygen atoms in total. The smallest absolute Gasteiger partial charge is 0.387 e. The minimum absolute atomic E-state index is 0.0496. The quantitative estimate of drug-likeness (QED) is 0.552. The lowest BCUT2D eigenvalue weighted by molar-refractivity contribution is -0.0494. The Kier molecular flexibility index (Phi) is 6.41. The highest BCUT2D eigenvalue weighted by Crippen LogP contribution is 2.35. The predicted octanol–water partition coefficient (Wildman–Crippen LogP) is 4.77. The SMILES string of the molecule is COc1ccc(-c2cc(NS(=O)(=O)c3ccccc3OC)ccc2OC(F)F)cc1. The molecule has 0 aliphatic heterocycles. The molecule has 1 N–H and O–H groups in total. The van der Waals surface area contributed by atoms with Gasteiger partial charge in [0.1, 0.15) is 22.1 Å². The van der Waals surface area contributed by atoms with Crippen LogP contribution in [0.5, 0.6) is 17.2 Å². The maximum absolute atomic E-state index is 12.8. The fraction of sp³-hybridized carbons (Fsp3) is 0.143. The Bertz CT molecular complexity index is 1120. The van der Waals surface area contributed by atoms with Gasteiger partial charge < -0.3 is 14.2 Å². The molecule has 0 aliphatic rings. The summed E-state index contributed by atoms with van der Waals surface area (Å²) in [4.78, 5) is -0.0496. The van der Waals surface area contributed by atoms with E-state index in [0.717, 1.165) is 0 Å². The van der Waals surface area contributed by atoms with Gasteiger partial charge in [-0.05, 0) is 48.0 Å². The van der Waals surface area contributed by atoms with E-state index in [1.807, 2.05) is 0 Å². The lowest BCUT2D eigenvalue weighted by atomic mass is 10.0. The summed E-state index contributed by atoms with van der Waals surface area (Å²) in [5.41, 5.74) is 1.01. The van der Waals surface area contributed by atoms with E-state index in [1.165, 1.54) is 44.6 Å². The van der Waals surface area contributed by atoms with Gasteiger partial charge in [-0.15, -0.1) is 0 Å². The maximum Gasteiger partial charge on any atom is 0.387 e. The van der Waals surface area contributed by atoms with Crippen molar-refractivity contribution in [2.24, 2.45) is 0 Å². The summed E-state index contributed by atoms with van der Waals surface area (Å²) in [5, 5.41) is 0. The van der Waals surface area contributed by atoms with Crippen LogP contribution in [0.1, 0.15) is 0 Å². The number of methoxy groups -OCH3 is 2. The van der Waals surface area contributed by atoms with Gasteiger partial charge in [-0.25, -0.2) is 8.42 Å². The zero-order chi connectivity index (χ0) is 21.7. The Morgan fingerprint density at radius 1 is 0.867 bits per heavy atom. The first-order valence-electron chi connectivity index (χ1n) is 8.73. The number of rotatable bonds is 8. The molecule has 0 fully saturated rings. The second kappa shape index (κ2) is 9.00. The van der Waals surface area contributed by atoms with Crippen molar-refractivity contribution >= 4 is 15.7 Å². The number of anilines is 1. The van der Waals surface area contributed by atoms with Crippen molar-refractivity contribution in [2.45, 2.75) is 11.5 Å². The molecule has 3 rings (SSSR count). The molecule has 30 heavy (non-hydrogen) atoms. The summed E-state index contributed by atoms with van der Waals surface area (Å²) in [6, 6.07) is 16.8. The van der Waals surface area contributed by atoms with Crippen LogP contribution in [0.3, 0.4) is 0 Å². The van der Waals surface area contributed by atoms with Crippen molar-refractivity contribution in [1.82, 2.24) is 0 Å². The molecule has 0 unspecified atom stereocenters. The van der Waals surface area contributed by atoms with E-state index in [9.17, 15) is 17.2 Å². The third-order valence-electron chi connectivity index (χ3n) is 4.21. The number of sulfonamides is 1. The summed E-state index contributed by atoms with van der Waals surface area (Å²) in [6.07, 6.45) is 0.